The highest BCUT2D eigenvalue weighted by molar-refractivity contribution is 9.11. The molecule has 0 aliphatic heterocycles. The van der Waals surface area contributed by atoms with Crippen LogP contribution in [0.5, 0.6) is 5.75 Å². The molecule has 0 unspecified atom stereocenters. The van der Waals surface area contributed by atoms with Crippen LogP contribution in [0.1, 0.15) is 0 Å². The highest BCUT2D eigenvalue weighted by Gasteiger charge is 2.15. The summed E-state index contributed by atoms with van der Waals surface area (Å²) in [6.45, 7) is 0. The van der Waals surface area contributed by atoms with Crippen molar-refractivity contribution in [1.82, 2.24) is 0 Å². The van der Waals surface area contributed by atoms with Crippen LogP contribution in [-0.4, -0.2) is 22.6 Å². The van der Waals surface area contributed by atoms with E-state index in [1.54, 1.807) is 36.4 Å². The quantitative estimate of drug-likeness (QED) is 0.131. The van der Waals surface area contributed by atoms with Gasteiger partial charge >= 0.3 is 7.69 Å². The molecule has 36 heavy (non-hydrogen) atoms. The van der Waals surface area contributed by atoms with Gasteiger partial charge in [0.05, 0.1) is 25.6 Å². The van der Waals surface area contributed by atoms with Crippen LogP contribution in [0.3, 0.4) is 0 Å². The Morgan fingerprint density at radius 2 is 1.19 bits per heavy atom. The Bertz CT molecular complexity index is 1300. The summed E-state index contributed by atoms with van der Waals surface area (Å²) in [5.74, 6) is 0.639. The van der Waals surface area contributed by atoms with Gasteiger partial charge in [0.1, 0.15) is 0 Å². The largest absolute Gasteiger partial charge is 0.569 e. The number of rotatable bonds is 5. The standard InChI is InChI=1S/C12H8BrNO2.C6H6BO2.C6H3Br2NO2/c13-10-6-7-11(12(8-10)14(15)16)9-4-2-1-3-5-9;8-7-9-6-4-2-1-3-5-6;7-4-1-2-5(8)6(3-4)9(10)11/h1-8H;1-5,8H;1-3H. The van der Waals surface area contributed by atoms with Crippen LogP contribution in [0.25, 0.3) is 11.1 Å². The van der Waals surface area contributed by atoms with Crippen LogP contribution in [0.2, 0.25) is 0 Å². The molecule has 0 saturated heterocycles. The molecule has 4 aromatic rings. The average Bonchev–Trinajstić information content (AvgIpc) is 2.87. The van der Waals surface area contributed by atoms with Crippen LogP contribution in [0.4, 0.5) is 11.4 Å². The van der Waals surface area contributed by atoms with Crippen molar-refractivity contribution < 1.29 is 19.5 Å². The molecule has 183 valence electrons. The third-order valence-corrected chi connectivity index (χ3v) is 5.94. The zero-order chi connectivity index (χ0) is 26.5. The molecule has 0 aliphatic carbocycles. The minimum atomic E-state index is -0.436. The van der Waals surface area contributed by atoms with Gasteiger partial charge in [0.25, 0.3) is 11.4 Å². The van der Waals surface area contributed by atoms with E-state index < -0.39 is 4.92 Å². The molecule has 0 aliphatic rings. The third-order valence-electron chi connectivity index (χ3n) is 4.28. The van der Waals surface area contributed by atoms with E-state index in [9.17, 15) is 20.2 Å². The lowest BCUT2D eigenvalue weighted by molar-refractivity contribution is -0.385. The molecule has 0 saturated carbocycles. The van der Waals surface area contributed by atoms with E-state index in [0.717, 1.165) is 5.56 Å². The number of nitro benzene ring substituents is 2. The predicted octanol–water partition coefficient (Wildman–Crippen LogP) is 7.74. The number of benzene rings is 4. The SMILES string of the molecule is O=[N+]([O-])c1cc(Br)ccc1-c1ccccc1.O=[N+]([O-])c1cc(Br)ccc1Br.O[B]Oc1ccccc1. The maximum absolute atomic E-state index is 10.9. The first-order valence-corrected chi connectivity index (χ1v) is 12.4. The second kappa shape index (κ2) is 15.1. The Kier molecular flexibility index (Phi) is 12.3. The van der Waals surface area contributed by atoms with Crippen molar-refractivity contribution in [1.29, 1.82) is 0 Å². The van der Waals surface area contributed by atoms with E-state index in [-0.39, 0.29) is 16.3 Å². The molecule has 0 atom stereocenters. The van der Waals surface area contributed by atoms with E-state index >= 15 is 0 Å². The monoisotopic (exact) mass is 677 g/mol. The van der Waals surface area contributed by atoms with Crippen molar-refractivity contribution in [2.45, 2.75) is 0 Å². The Labute approximate surface area is 232 Å². The van der Waals surface area contributed by atoms with E-state index in [0.29, 0.717) is 32.4 Å². The number of hydrogen-bond donors (Lipinski definition) is 1. The van der Waals surface area contributed by atoms with Gasteiger partial charge in [0.2, 0.25) is 0 Å². The maximum atomic E-state index is 10.9. The molecule has 4 rings (SSSR count). The van der Waals surface area contributed by atoms with Gasteiger partial charge in [-0.2, -0.15) is 0 Å². The normalized spacial score (nSPS) is 9.56. The molecule has 1 radical (unpaired) electrons. The van der Waals surface area contributed by atoms with E-state index in [1.807, 2.05) is 48.5 Å². The molecule has 12 heteroatoms. The lowest BCUT2D eigenvalue weighted by atomic mass is 10.0. The third kappa shape index (κ3) is 9.54. The summed E-state index contributed by atoms with van der Waals surface area (Å²) in [5.41, 5.74) is 1.66. The lowest BCUT2D eigenvalue weighted by Crippen LogP contribution is -1.98. The molecular formula is C24H17BBr3N2O6. The summed E-state index contributed by atoms with van der Waals surface area (Å²) in [5, 5.41) is 29.4. The highest BCUT2D eigenvalue weighted by atomic mass is 79.9. The lowest BCUT2D eigenvalue weighted by Gasteiger charge is -2.03. The van der Waals surface area contributed by atoms with Crippen molar-refractivity contribution in [2.24, 2.45) is 0 Å². The highest BCUT2D eigenvalue weighted by Crippen LogP contribution is 2.32. The van der Waals surface area contributed by atoms with Gasteiger partial charge in [0, 0.05) is 21.1 Å². The minimum absolute atomic E-state index is 0.0689. The first kappa shape index (κ1) is 29.2. The molecule has 0 spiro atoms. The Hall–Kier alpha value is -3.06. The molecular weight excluding hydrogens is 663 g/mol. The van der Waals surface area contributed by atoms with Gasteiger partial charge in [0.15, 0.2) is 0 Å². The maximum Gasteiger partial charge on any atom is 0.569 e. The molecule has 8 nitrogen and oxygen atoms in total. The number of nitrogens with zero attached hydrogens (tertiary/aromatic N) is 2. The van der Waals surface area contributed by atoms with Crippen molar-refractivity contribution in [3.8, 4) is 16.9 Å². The number of halogens is 3. The van der Waals surface area contributed by atoms with Gasteiger partial charge in [-0.05, 0) is 57.9 Å². The van der Waals surface area contributed by atoms with Crippen LogP contribution >= 0.6 is 47.8 Å². The van der Waals surface area contributed by atoms with Crippen LogP contribution in [-0.2, 0) is 0 Å². The van der Waals surface area contributed by atoms with Gasteiger partial charge in [-0.25, -0.2) is 0 Å². The summed E-state index contributed by atoms with van der Waals surface area (Å²) in [4.78, 5) is 20.5. The van der Waals surface area contributed by atoms with Gasteiger partial charge in [-0.3, -0.25) is 20.2 Å². The average molecular weight is 680 g/mol. The first-order chi connectivity index (χ1) is 17.2. The Morgan fingerprint density at radius 3 is 1.69 bits per heavy atom. The molecule has 4 aromatic carbocycles. The first-order valence-electron chi connectivity index (χ1n) is 9.99. The van der Waals surface area contributed by atoms with Crippen molar-refractivity contribution in [3.63, 3.8) is 0 Å². The molecule has 0 fully saturated rings. The predicted molar refractivity (Wildman–Crippen MR) is 150 cm³/mol. The number of nitro groups is 2. The molecule has 0 heterocycles. The molecule has 0 aromatic heterocycles. The molecule has 1 N–H and O–H groups in total. The summed E-state index contributed by atoms with van der Waals surface area (Å²) in [6.07, 6.45) is 0. The topological polar surface area (TPSA) is 116 Å². The van der Waals surface area contributed by atoms with Crippen molar-refractivity contribution in [3.05, 3.63) is 131 Å². The fraction of sp³-hybridized carbons (Fsp3) is 0. The zero-order valence-corrected chi connectivity index (χ0v) is 23.1. The fourth-order valence-corrected chi connectivity index (χ4v) is 3.79. The van der Waals surface area contributed by atoms with E-state index in [1.165, 1.54) is 12.1 Å². The van der Waals surface area contributed by atoms with E-state index in [4.69, 9.17) is 5.02 Å². The van der Waals surface area contributed by atoms with Crippen molar-refractivity contribution >= 4 is 66.8 Å². The van der Waals surface area contributed by atoms with Gasteiger partial charge in [-0.1, -0.05) is 80.4 Å². The summed E-state index contributed by atoms with van der Waals surface area (Å²) < 4.78 is 6.54. The number of hydrogen-bond acceptors (Lipinski definition) is 6. The van der Waals surface area contributed by atoms with Gasteiger partial charge in [-0.15, -0.1) is 0 Å². The van der Waals surface area contributed by atoms with Crippen molar-refractivity contribution in [2.75, 3.05) is 0 Å². The Balaban J connectivity index is 0.000000200. The fourth-order valence-electron chi connectivity index (χ4n) is 2.70. The van der Waals surface area contributed by atoms with Crippen LogP contribution in [0, 0.1) is 20.2 Å². The second-order valence-corrected chi connectivity index (χ2v) is 9.36. The minimum Gasteiger partial charge on any atom is -0.537 e. The smallest absolute Gasteiger partial charge is 0.537 e. The zero-order valence-electron chi connectivity index (χ0n) is 18.3. The summed E-state index contributed by atoms with van der Waals surface area (Å²) in [7, 11) is 0.662. The number of para-hydroxylation sites is 1. The van der Waals surface area contributed by atoms with Gasteiger partial charge < -0.3 is 9.68 Å². The molecule has 0 bridgehead atoms. The summed E-state index contributed by atoms with van der Waals surface area (Å²) >= 11 is 9.44. The second-order valence-electron chi connectivity index (χ2n) is 6.67. The van der Waals surface area contributed by atoms with E-state index in [2.05, 4.69) is 52.4 Å². The van der Waals surface area contributed by atoms with Crippen LogP contribution in [0.15, 0.2) is 110 Å². The van der Waals surface area contributed by atoms with Crippen LogP contribution < -0.4 is 4.65 Å². The Morgan fingerprint density at radius 1 is 0.694 bits per heavy atom. The molecule has 0 amide bonds. The summed E-state index contributed by atoms with van der Waals surface area (Å²) in [6, 6.07) is 28.3.